The van der Waals surface area contributed by atoms with Crippen LogP contribution in [0.3, 0.4) is 0 Å². The Bertz CT molecular complexity index is 978. The Balaban J connectivity index is 0.00000210. The summed E-state index contributed by atoms with van der Waals surface area (Å²) < 4.78 is 1.93. The lowest BCUT2D eigenvalue weighted by Crippen LogP contribution is -2.52. The number of carbonyl (C=O) groups excluding carboxylic acids is 1. The number of fused-ring (bicyclic) bond motifs is 2. The summed E-state index contributed by atoms with van der Waals surface area (Å²) >= 11 is 0. The van der Waals surface area contributed by atoms with E-state index in [1.165, 1.54) is 0 Å². The molecule has 1 fully saturated rings. The number of aromatic nitrogens is 1. The van der Waals surface area contributed by atoms with E-state index in [1.807, 2.05) is 53.1 Å². The van der Waals surface area contributed by atoms with Crippen molar-refractivity contribution >= 4 is 40.1 Å². The first-order valence-corrected chi connectivity index (χ1v) is 9.15. The van der Waals surface area contributed by atoms with Gasteiger partial charge in [0.25, 0.3) is 0 Å². The van der Waals surface area contributed by atoms with E-state index >= 15 is 0 Å². The number of rotatable bonds is 4. The van der Waals surface area contributed by atoms with Gasteiger partial charge in [0.2, 0.25) is 5.91 Å². The van der Waals surface area contributed by atoms with Gasteiger partial charge in [0.1, 0.15) is 6.54 Å². The van der Waals surface area contributed by atoms with E-state index in [1.54, 1.807) is 0 Å². The SMILES string of the molecule is Cl.NCC1(NC(=O)Cn2c3ccccc3c(=O)c3ccccc32)CCCC1. The minimum atomic E-state index is -0.276. The number of hydrogen-bond acceptors (Lipinski definition) is 3. The van der Waals surface area contributed by atoms with Gasteiger partial charge in [-0.3, -0.25) is 9.59 Å². The lowest BCUT2D eigenvalue weighted by molar-refractivity contribution is -0.123. The first-order chi connectivity index (χ1) is 12.6. The molecule has 1 amide bonds. The maximum absolute atomic E-state index is 12.8. The monoisotopic (exact) mass is 385 g/mol. The summed E-state index contributed by atoms with van der Waals surface area (Å²) in [4.78, 5) is 25.6. The van der Waals surface area contributed by atoms with Gasteiger partial charge in [0.15, 0.2) is 5.43 Å². The van der Waals surface area contributed by atoms with Crippen LogP contribution in [-0.2, 0) is 11.3 Å². The Morgan fingerprint density at radius 1 is 1.00 bits per heavy atom. The molecule has 3 N–H and O–H groups in total. The average molecular weight is 386 g/mol. The maximum Gasteiger partial charge on any atom is 0.240 e. The predicted octanol–water partition coefficient (Wildman–Crippen LogP) is 2.96. The molecule has 3 aromatic rings. The van der Waals surface area contributed by atoms with Crippen LogP contribution >= 0.6 is 12.4 Å². The quantitative estimate of drug-likeness (QED) is 0.678. The number of carbonyl (C=O) groups is 1. The summed E-state index contributed by atoms with van der Waals surface area (Å²) in [5, 5.41) is 4.44. The van der Waals surface area contributed by atoms with E-state index in [0.29, 0.717) is 17.3 Å². The van der Waals surface area contributed by atoms with Crippen LogP contribution < -0.4 is 16.5 Å². The van der Waals surface area contributed by atoms with Gasteiger partial charge in [-0.05, 0) is 37.1 Å². The first kappa shape index (κ1) is 19.4. The maximum atomic E-state index is 12.8. The summed E-state index contributed by atoms with van der Waals surface area (Å²) in [7, 11) is 0. The molecular formula is C21H24ClN3O2. The second-order valence-corrected chi connectivity index (χ2v) is 7.19. The zero-order valence-electron chi connectivity index (χ0n) is 15.1. The van der Waals surface area contributed by atoms with E-state index in [0.717, 1.165) is 36.7 Å². The fourth-order valence-corrected chi connectivity index (χ4v) is 4.16. The van der Waals surface area contributed by atoms with Crippen LogP contribution in [0.25, 0.3) is 21.8 Å². The molecule has 0 saturated heterocycles. The van der Waals surface area contributed by atoms with Gasteiger partial charge in [-0.2, -0.15) is 0 Å². The number of nitrogens with one attached hydrogen (secondary N) is 1. The standard InChI is InChI=1S/C21H23N3O2.ClH/c22-14-21(11-5-6-12-21)23-19(25)13-24-17-9-3-1-7-15(17)20(26)16-8-2-4-10-18(16)24;/h1-4,7-10H,5-6,11-14,22H2,(H,23,25);1H. The van der Waals surface area contributed by atoms with E-state index in [-0.39, 0.29) is 35.8 Å². The molecule has 0 atom stereocenters. The van der Waals surface area contributed by atoms with E-state index < -0.39 is 0 Å². The summed E-state index contributed by atoms with van der Waals surface area (Å²) in [6, 6.07) is 14.9. The molecule has 1 heterocycles. The van der Waals surface area contributed by atoms with Crippen molar-refractivity contribution in [3.8, 4) is 0 Å². The smallest absolute Gasteiger partial charge is 0.240 e. The summed E-state index contributed by atoms with van der Waals surface area (Å²) in [5.74, 6) is -0.0590. The molecular weight excluding hydrogens is 362 g/mol. The molecule has 4 rings (SSSR count). The highest BCUT2D eigenvalue weighted by atomic mass is 35.5. The predicted molar refractivity (Wildman–Crippen MR) is 111 cm³/mol. The minimum Gasteiger partial charge on any atom is -0.348 e. The summed E-state index contributed by atoms with van der Waals surface area (Å²) in [6.45, 7) is 0.632. The molecule has 0 unspecified atom stereocenters. The van der Waals surface area contributed by atoms with Crippen molar-refractivity contribution in [2.24, 2.45) is 5.73 Å². The Morgan fingerprint density at radius 2 is 1.52 bits per heavy atom. The Hall–Kier alpha value is -2.37. The van der Waals surface area contributed by atoms with E-state index in [4.69, 9.17) is 5.73 Å². The molecule has 0 radical (unpaired) electrons. The number of pyridine rings is 1. The van der Waals surface area contributed by atoms with Gasteiger partial charge in [0, 0.05) is 17.3 Å². The van der Waals surface area contributed by atoms with E-state index in [2.05, 4.69) is 5.32 Å². The average Bonchev–Trinajstić information content (AvgIpc) is 3.14. The van der Waals surface area contributed by atoms with Crippen molar-refractivity contribution in [2.75, 3.05) is 6.54 Å². The molecule has 1 aliphatic rings. The lowest BCUT2D eigenvalue weighted by Gasteiger charge is -2.29. The molecule has 0 bridgehead atoms. The third-order valence-electron chi connectivity index (χ3n) is 5.54. The summed E-state index contributed by atoms with van der Waals surface area (Å²) in [6.07, 6.45) is 4.06. The van der Waals surface area contributed by atoms with Crippen molar-refractivity contribution < 1.29 is 4.79 Å². The highest BCUT2D eigenvalue weighted by molar-refractivity contribution is 5.94. The molecule has 1 saturated carbocycles. The zero-order chi connectivity index (χ0) is 18.1. The van der Waals surface area contributed by atoms with Gasteiger partial charge >= 0.3 is 0 Å². The zero-order valence-corrected chi connectivity index (χ0v) is 15.9. The minimum absolute atomic E-state index is 0. The second kappa shape index (κ2) is 7.71. The van der Waals surface area contributed by atoms with Crippen molar-refractivity contribution in [3.63, 3.8) is 0 Å². The van der Waals surface area contributed by atoms with Gasteiger partial charge in [-0.25, -0.2) is 0 Å². The Morgan fingerprint density at radius 3 is 2.04 bits per heavy atom. The van der Waals surface area contributed by atoms with Crippen molar-refractivity contribution in [1.29, 1.82) is 0 Å². The van der Waals surface area contributed by atoms with Crippen LogP contribution in [-0.4, -0.2) is 22.6 Å². The summed E-state index contributed by atoms with van der Waals surface area (Å²) in [5.41, 5.74) is 7.23. The van der Waals surface area contributed by atoms with Crippen LogP contribution in [0, 0.1) is 0 Å². The Kier molecular flexibility index (Phi) is 5.53. The van der Waals surface area contributed by atoms with Crippen molar-refractivity contribution in [3.05, 3.63) is 58.8 Å². The second-order valence-electron chi connectivity index (χ2n) is 7.19. The molecule has 1 aliphatic carbocycles. The highest BCUT2D eigenvalue weighted by Gasteiger charge is 2.33. The molecule has 6 heteroatoms. The van der Waals surface area contributed by atoms with E-state index in [9.17, 15) is 9.59 Å². The first-order valence-electron chi connectivity index (χ1n) is 9.15. The molecule has 142 valence electrons. The van der Waals surface area contributed by atoms with Gasteiger partial charge in [0.05, 0.1) is 16.6 Å². The number of para-hydroxylation sites is 2. The number of nitrogens with two attached hydrogens (primary N) is 1. The molecule has 1 aromatic heterocycles. The normalized spacial score (nSPS) is 15.6. The van der Waals surface area contributed by atoms with Crippen molar-refractivity contribution in [1.82, 2.24) is 9.88 Å². The lowest BCUT2D eigenvalue weighted by atomic mass is 9.98. The van der Waals surface area contributed by atoms with Crippen molar-refractivity contribution in [2.45, 2.75) is 37.8 Å². The fourth-order valence-electron chi connectivity index (χ4n) is 4.16. The number of nitrogens with zero attached hydrogens (tertiary/aromatic N) is 1. The molecule has 27 heavy (non-hydrogen) atoms. The third kappa shape index (κ3) is 3.45. The number of benzene rings is 2. The molecule has 0 spiro atoms. The van der Waals surface area contributed by atoms with Crippen LogP contribution in [0.15, 0.2) is 53.3 Å². The third-order valence-corrected chi connectivity index (χ3v) is 5.54. The number of hydrogen-bond donors (Lipinski definition) is 2. The molecule has 2 aromatic carbocycles. The van der Waals surface area contributed by atoms with Crippen LogP contribution in [0.2, 0.25) is 0 Å². The fraction of sp³-hybridized carbons (Fsp3) is 0.333. The van der Waals surface area contributed by atoms with Crippen LogP contribution in [0.5, 0.6) is 0 Å². The molecule has 5 nitrogen and oxygen atoms in total. The van der Waals surface area contributed by atoms with Crippen LogP contribution in [0.4, 0.5) is 0 Å². The topological polar surface area (TPSA) is 77.1 Å². The van der Waals surface area contributed by atoms with Gasteiger partial charge in [-0.15, -0.1) is 12.4 Å². The molecule has 0 aliphatic heterocycles. The number of halogens is 1. The number of amides is 1. The Labute approximate surface area is 164 Å². The highest BCUT2D eigenvalue weighted by Crippen LogP contribution is 2.28. The van der Waals surface area contributed by atoms with Gasteiger partial charge in [-0.1, -0.05) is 37.1 Å². The largest absolute Gasteiger partial charge is 0.348 e. The van der Waals surface area contributed by atoms with Crippen LogP contribution in [0.1, 0.15) is 25.7 Å². The van der Waals surface area contributed by atoms with Gasteiger partial charge < -0.3 is 15.6 Å².